The molecule has 3 atom stereocenters. The smallest absolute Gasteiger partial charge is 0.314 e. The summed E-state index contributed by atoms with van der Waals surface area (Å²) in [7, 11) is -5.39. The van der Waals surface area contributed by atoms with Crippen LogP contribution in [0.1, 0.15) is 37.7 Å². The van der Waals surface area contributed by atoms with Crippen molar-refractivity contribution in [1.82, 2.24) is 5.32 Å². The van der Waals surface area contributed by atoms with Crippen LogP contribution in [-0.2, 0) is 9.84 Å². The minimum atomic E-state index is -5.39. The monoisotopic (exact) mass is 359 g/mol. The van der Waals surface area contributed by atoms with Gasteiger partial charge in [0.2, 0.25) is 0 Å². The van der Waals surface area contributed by atoms with Crippen molar-refractivity contribution >= 4 is 9.84 Å². The number of rotatable bonds is 4. The van der Waals surface area contributed by atoms with Crippen LogP contribution in [0.25, 0.3) is 0 Å². The quantitative estimate of drug-likeness (QED) is 0.896. The number of benzene rings is 1. The summed E-state index contributed by atoms with van der Waals surface area (Å²) < 4.78 is 60.4. The molecule has 0 saturated heterocycles. The largest absolute Gasteiger partial charge is 0.501 e. The van der Waals surface area contributed by atoms with Crippen molar-refractivity contribution in [2.75, 3.05) is 6.54 Å². The highest BCUT2D eigenvalue weighted by molar-refractivity contribution is 7.92. The van der Waals surface area contributed by atoms with Crippen LogP contribution < -0.4 is 5.32 Å². The molecule has 0 aliphatic heterocycles. The molecule has 0 amide bonds. The van der Waals surface area contributed by atoms with Crippen LogP contribution in [0.3, 0.4) is 0 Å². The highest BCUT2D eigenvalue weighted by Crippen LogP contribution is 2.38. The van der Waals surface area contributed by atoms with E-state index in [1.165, 1.54) is 12.1 Å². The van der Waals surface area contributed by atoms with E-state index in [2.05, 4.69) is 17.5 Å². The predicted molar refractivity (Wildman–Crippen MR) is 81.7 cm³/mol. The maximum atomic E-state index is 12.5. The van der Waals surface area contributed by atoms with Crippen molar-refractivity contribution in [3.05, 3.63) is 29.8 Å². The number of alkyl halides is 3. The van der Waals surface area contributed by atoms with Crippen molar-refractivity contribution in [3.8, 4) is 6.07 Å². The molecule has 0 aromatic heterocycles. The van der Waals surface area contributed by atoms with E-state index >= 15 is 0 Å². The van der Waals surface area contributed by atoms with E-state index in [4.69, 9.17) is 0 Å². The molecule has 131 valence electrons. The lowest BCUT2D eigenvalue weighted by molar-refractivity contribution is -0.0436. The number of hydrogen-bond donors (Lipinski definition) is 1. The fraction of sp³-hybridized carbons (Fsp3) is 0.562. The van der Waals surface area contributed by atoms with Crippen molar-refractivity contribution in [1.29, 1.82) is 5.26 Å². The van der Waals surface area contributed by atoms with Gasteiger partial charge in [-0.25, -0.2) is 8.42 Å². The maximum absolute atomic E-state index is 12.5. The zero-order valence-electron chi connectivity index (χ0n) is 13.1. The Morgan fingerprint density at radius 1 is 1.38 bits per heavy atom. The van der Waals surface area contributed by atoms with Crippen molar-refractivity contribution < 1.29 is 21.6 Å². The Labute approximate surface area is 139 Å². The van der Waals surface area contributed by atoms with Gasteiger partial charge in [0.15, 0.2) is 0 Å². The van der Waals surface area contributed by atoms with Gasteiger partial charge in [-0.3, -0.25) is 0 Å². The molecule has 0 bridgehead atoms. The molecule has 4 nitrogen and oxygen atoms in total. The molecule has 2 rings (SSSR count). The summed E-state index contributed by atoms with van der Waals surface area (Å²) in [6.07, 6.45) is 2.24. The molecule has 3 unspecified atom stereocenters. The summed E-state index contributed by atoms with van der Waals surface area (Å²) in [6.45, 7) is 2.80. The molecular weight excluding hydrogens is 341 g/mol. The van der Waals surface area contributed by atoms with Gasteiger partial charge in [-0.1, -0.05) is 13.0 Å². The average Bonchev–Trinajstić information content (AvgIpc) is 2.54. The summed E-state index contributed by atoms with van der Waals surface area (Å²) in [5, 5.41) is 12.7. The standard InChI is InChI=1S/C16H18F3N2O2S/c1-2-21-13-5-8-15(12(9-13)10-20)11-3-6-14(7-4-11)24(22,23)16(17,18)19/h3-4,6,12-13,15,21H,2,5,8-9H2,1H3. The summed E-state index contributed by atoms with van der Waals surface area (Å²) in [6, 6.07) is 8.28. The third-order valence-electron chi connectivity index (χ3n) is 4.34. The van der Waals surface area contributed by atoms with Crippen LogP contribution in [0.15, 0.2) is 23.1 Å². The molecule has 0 heterocycles. The van der Waals surface area contributed by atoms with Gasteiger partial charge >= 0.3 is 5.51 Å². The first-order valence-corrected chi connectivity index (χ1v) is 9.15. The fourth-order valence-electron chi connectivity index (χ4n) is 3.13. The molecule has 1 fully saturated rings. The van der Waals surface area contributed by atoms with Gasteiger partial charge in [0.05, 0.1) is 16.9 Å². The highest BCUT2D eigenvalue weighted by Gasteiger charge is 2.47. The topological polar surface area (TPSA) is 70.0 Å². The Morgan fingerprint density at radius 3 is 2.58 bits per heavy atom. The highest BCUT2D eigenvalue weighted by atomic mass is 32.2. The average molecular weight is 359 g/mol. The van der Waals surface area contributed by atoms with Crippen LogP contribution in [0, 0.1) is 23.3 Å². The summed E-state index contributed by atoms with van der Waals surface area (Å²) in [4.78, 5) is -0.895. The molecule has 8 heteroatoms. The lowest BCUT2D eigenvalue weighted by atomic mass is 9.74. The van der Waals surface area contributed by atoms with Crippen molar-refractivity contribution in [2.24, 2.45) is 5.92 Å². The van der Waals surface area contributed by atoms with Gasteiger partial charge in [-0.2, -0.15) is 18.4 Å². The number of nitrogens with zero attached hydrogens (tertiary/aromatic N) is 1. The van der Waals surface area contributed by atoms with Crippen LogP contribution >= 0.6 is 0 Å². The molecule has 24 heavy (non-hydrogen) atoms. The minimum Gasteiger partial charge on any atom is -0.314 e. The van der Waals surface area contributed by atoms with Crippen LogP contribution in [0.2, 0.25) is 0 Å². The number of hydrogen-bond acceptors (Lipinski definition) is 4. The van der Waals surface area contributed by atoms with E-state index in [0.29, 0.717) is 12.0 Å². The number of sulfone groups is 1. The second-order valence-electron chi connectivity index (χ2n) is 5.85. The molecule has 1 aromatic carbocycles. The zero-order chi connectivity index (χ0) is 18.0. The lowest BCUT2D eigenvalue weighted by Crippen LogP contribution is -2.36. The van der Waals surface area contributed by atoms with E-state index in [1.807, 2.05) is 6.92 Å². The Kier molecular flexibility index (Phi) is 5.56. The van der Waals surface area contributed by atoms with Crippen LogP contribution in [-0.4, -0.2) is 26.5 Å². The van der Waals surface area contributed by atoms with Gasteiger partial charge in [-0.15, -0.1) is 0 Å². The lowest BCUT2D eigenvalue weighted by Gasteiger charge is -2.33. The van der Waals surface area contributed by atoms with Crippen molar-refractivity contribution in [3.63, 3.8) is 0 Å². The zero-order valence-corrected chi connectivity index (χ0v) is 13.9. The van der Waals surface area contributed by atoms with E-state index in [0.717, 1.165) is 25.5 Å². The molecule has 0 spiro atoms. The maximum Gasteiger partial charge on any atom is 0.501 e. The second kappa shape index (κ2) is 7.11. The van der Waals surface area contributed by atoms with Gasteiger partial charge in [0.25, 0.3) is 9.84 Å². The first kappa shape index (κ1) is 18.7. The van der Waals surface area contributed by atoms with Gasteiger partial charge < -0.3 is 5.32 Å². The van der Waals surface area contributed by atoms with Gasteiger partial charge in [-0.05, 0) is 49.4 Å². The van der Waals surface area contributed by atoms with Crippen molar-refractivity contribution in [2.45, 2.75) is 48.5 Å². The molecule has 1 saturated carbocycles. The van der Waals surface area contributed by atoms with Crippen LogP contribution in [0.5, 0.6) is 0 Å². The molecule has 1 aliphatic carbocycles. The van der Waals surface area contributed by atoms with Crippen LogP contribution in [0.4, 0.5) is 13.2 Å². The molecule has 1 aliphatic rings. The van der Waals surface area contributed by atoms with E-state index in [-0.39, 0.29) is 17.9 Å². The van der Waals surface area contributed by atoms with Gasteiger partial charge in [0.1, 0.15) is 0 Å². The molecular formula is C16H18F3N2O2S. The SMILES string of the molecule is CCNC1CCC(c2c[c]c(S(=O)(=O)C(F)(F)F)cc2)C(C#N)C1. The summed E-state index contributed by atoms with van der Waals surface area (Å²) >= 11 is 0. The van der Waals surface area contributed by atoms with E-state index in [1.54, 1.807) is 0 Å². The predicted octanol–water partition coefficient (Wildman–Crippen LogP) is 3.17. The summed E-state index contributed by atoms with van der Waals surface area (Å²) in [5.74, 6) is -0.384. The second-order valence-corrected chi connectivity index (χ2v) is 7.75. The first-order valence-electron chi connectivity index (χ1n) is 7.66. The number of halogens is 3. The minimum absolute atomic E-state index is 0.121. The molecule has 1 radical (unpaired) electrons. The van der Waals surface area contributed by atoms with E-state index in [9.17, 15) is 26.9 Å². The van der Waals surface area contributed by atoms with Gasteiger partial charge in [0, 0.05) is 12.1 Å². The fourth-order valence-corrected chi connectivity index (χ4v) is 3.84. The van der Waals surface area contributed by atoms with E-state index < -0.39 is 20.2 Å². The first-order chi connectivity index (χ1) is 11.2. The summed E-state index contributed by atoms with van der Waals surface area (Å²) in [5.41, 5.74) is -4.69. The normalized spacial score (nSPS) is 25.2. The number of nitrogens with one attached hydrogen (secondary N) is 1. The Bertz CT molecular complexity index is 708. The molecule has 1 N–H and O–H groups in total. The Hall–Kier alpha value is -1.59. The third kappa shape index (κ3) is 3.73. The Balaban J connectivity index is 2.21. The third-order valence-corrected chi connectivity index (χ3v) is 5.78. The number of nitriles is 1. The molecule has 1 aromatic rings. The Morgan fingerprint density at radius 2 is 2.08 bits per heavy atom.